The summed E-state index contributed by atoms with van der Waals surface area (Å²) in [6.45, 7) is 6.59. The van der Waals surface area contributed by atoms with E-state index in [0.717, 1.165) is 19.0 Å². The lowest BCUT2D eigenvalue weighted by molar-refractivity contribution is 0.538. The molecule has 1 N–H and O–H groups in total. The van der Waals surface area contributed by atoms with Crippen LogP contribution in [-0.4, -0.2) is 6.54 Å². The van der Waals surface area contributed by atoms with Crippen molar-refractivity contribution < 1.29 is 0 Å². The lowest BCUT2D eigenvalue weighted by Gasteiger charge is -2.09. The van der Waals surface area contributed by atoms with Gasteiger partial charge in [0.25, 0.3) is 0 Å². The van der Waals surface area contributed by atoms with E-state index in [1.165, 1.54) is 22.8 Å². The molecular formula is C16H21N. The summed E-state index contributed by atoms with van der Waals surface area (Å²) < 4.78 is 0. The van der Waals surface area contributed by atoms with E-state index in [1.54, 1.807) is 0 Å². The van der Waals surface area contributed by atoms with Gasteiger partial charge in [0.1, 0.15) is 0 Å². The van der Waals surface area contributed by atoms with Crippen LogP contribution in [0.5, 0.6) is 0 Å². The van der Waals surface area contributed by atoms with Gasteiger partial charge in [0, 0.05) is 6.54 Å². The van der Waals surface area contributed by atoms with Crippen LogP contribution in [0.4, 0.5) is 0 Å². The molecule has 1 heteroatoms. The van der Waals surface area contributed by atoms with Crippen molar-refractivity contribution in [3.63, 3.8) is 0 Å². The monoisotopic (exact) mass is 227 g/mol. The Bertz CT molecular complexity index is 468. The van der Waals surface area contributed by atoms with Gasteiger partial charge in [0.2, 0.25) is 0 Å². The standard InChI is InChI=1S/C16H21N/c1-13(2)10-11-17-12-15-8-5-7-14-6-3-4-9-16(14)15/h3-9,13,17H,10-12H2,1-2H3. The van der Waals surface area contributed by atoms with Crippen molar-refractivity contribution in [1.82, 2.24) is 5.32 Å². The highest BCUT2D eigenvalue weighted by atomic mass is 14.8. The summed E-state index contributed by atoms with van der Waals surface area (Å²) in [4.78, 5) is 0. The van der Waals surface area contributed by atoms with Crippen LogP contribution in [0.15, 0.2) is 42.5 Å². The number of hydrogen-bond acceptors (Lipinski definition) is 1. The first kappa shape index (κ1) is 12.1. The summed E-state index contributed by atoms with van der Waals surface area (Å²) >= 11 is 0. The maximum atomic E-state index is 3.53. The second-order valence-corrected chi connectivity index (χ2v) is 5.00. The molecule has 0 bridgehead atoms. The zero-order chi connectivity index (χ0) is 12.1. The summed E-state index contributed by atoms with van der Waals surface area (Å²) in [5, 5.41) is 6.22. The van der Waals surface area contributed by atoms with Crippen molar-refractivity contribution in [2.45, 2.75) is 26.8 Å². The molecule has 0 atom stereocenters. The van der Waals surface area contributed by atoms with Crippen molar-refractivity contribution in [2.24, 2.45) is 5.92 Å². The van der Waals surface area contributed by atoms with Gasteiger partial charge < -0.3 is 5.32 Å². The second kappa shape index (κ2) is 5.83. The number of fused-ring (bicyclic) bond motifs is 1. The zero-order valence-corrected chi connectivity index (χ0v) is 10.7. The maximum absolute atomic E-state index is 3.53. The number of benzene rings is 2. The number of hydrogen-bond donors (Lipinski definition) is 1. The fourth-order valence-electron chi connectivity index (χ4n) is 2.06. The van der Waals surface area contributed by atoms with Crippen molar-refractivity contribution in [3.8, 4) is 0 Å². The number of rotatable bonds is 5. The minimum absolute atomic E-state index is 0.773. The maximum Gasteiger partial charge on any atom is 0.0211 e. The summed E-state index contributed by atoms with van der Waals surface area (Å²) in [6.07, 6.45) is 1.24. The quantitative estimate of drug-likeness (QED) is 0.762. The Kier molecular flexibility index (Phi) is 4.16. The van der Waals surface area contributed by atoms with Gasteiger partial charge in [-0.2, -0.15) is 0 Å². The predicted molar refractivity (Wildman–Crippen MR) is 75.1 cm³/mol. The molecule has 17 heavy (non-hydrogen) atoms. The van der Waals surface area contributed by atoms with Gasteiger partial charge >= 0.3 is 0 Å². The molecule has 0 aliphatic heterocycles. The first-order valence-electron chi connectivity index (χ1n) is 6.44. The molecule has 1 nitrogen and oxygen atoms in total. The van der Waals surface area contributed by atoms with E-state index in [0.29, 0.717) is 0 Å². The zero-order valence-electron chi connectivity index (χ0n) is 10.7. The Morgan fingerprint density at radius 1 is 1.00 bits per heavy atom. The second-order valence-electron chi connectivity index (χ2n) is 5.00. The molecule has 0 spiro atoms. The minimum atomic E-state index is 0.773. The smallest absolute Gasteiger partial charge is 0.0211 e. The molecule has 0 aliphatic carbocycles. The molecule has 90 valence electrons. The normalized spacial score (nSPS) is 11.2. The Labute approximate surface area is 104 Å². The van der Waals surface area contributed by atoms with Crippen LogP contribution in [0.1, 0.15) is 25.8 Å². The van der Waals surface area contributed by atoms with E-state index < -0.39 is 0 Å². The van der Waals surface area contributed by atoms with Crippen LogP contribution in [0.25, 0.3) is 10.8 Å². The fourth-order valence-corrected chi connectivity index (χ4v) is 2.06. The van der Waals surface area contributed by atoms with Gasteiger partial charge in [-0.3, -0.25) is 0 Å². The molecule has 2 aromatic carbocycles. The largest absolute Gasteiger partial charge is 0.313 e. The first-order valence-corrected chi connectivity index (χ1v) is 6.44. The molecule has 0 radical (unpaired) electrons. The van der Waals surface area contributed by atoms with Crippen LogP contribution in [-0.2, 0) is 6.54 Å². The third-order valence-corrected chi connectivity index (χ3v) is 3.09. The van der Waals surface area contributed by atoms with Crippen LogP contribution >= 0.6 is 0 Å². The van der Waals surface area contributed by atoms with Crippen molar-refractivity contribution >= 4 is 10.8 Å². The van der Waals surface area contributed by atoms with Gasteiger partial charge in [-0.1, -0.05) is 56.3 Å². The molecule has 0 aromatic heterocycles. The third-order valence-electron chi connectivity index (χ3n) is 3.09. The minimum Gasteiger partial charge on any atom is -0.313 e. The van der Waals surface area contributed by atoms with E-state index in [-0.39, 0.29) is 0 Å². The van der Waals surface area contributed by atoms with Gasteiger partial charge in [-0.15, -0.1) is 0 Å². The van der Waals surface area contributed by atoms with Crippen molar-refractivity contribution in [1.29, 1.82) is 0 Å². The van der Waals surface area contributed by atoms with Crippen LogP contribution in [0.3, 0.4) is 0 Å². The molecule has 0 saturated carbocycles. The molecule has 0 amide bonds. The number of nitrogens with one attached hydrogen (secondary N) is 1. The third kappa shape index (κ3) is 3.31. The Hall–Kier alpha value is -1.34. The van der Waals surface area contributed by atoms with Crippen molar-refractivity contribution in [3.05, 3.63) is 48.0 Å². The van der Waals surface area contributed by atoms with E-state index in [2.05, 4.69) is 61.6 Å². The SMILES string of the molecule is CC(C)CCNCc1cccc2ccccc12. The van der Waals surface area contributed by atoms with E-state index in [9.17, 15) is 0 Å². The highest BCUT2D eigenvalue weighted by Crippen LogP contribution is 2.18. The molecule has 0 heterocycles. The summed E-state index contributed by atoms with van der Waals surface area (Å²) in [6, 6.07) is 15.1. The van der Waals surface area contributed by atoms with E-state index >= 15 is 0 Å². The van der Waals surface area contributed by atoms with Gasteiger partial charge in [-0.05, 0) is 35.2 Å². The van der Waals surface area contributed by atoms with Gasteiger partial charge in [-0.25, -0.2) is 0 Å². The lowest BCUT2D eigenvalue weighted by atomic mass is 10.0. The molecule has 2 aromatic rings. The molecule has 0 aliphatic rings. The molecule has 0 fully saturated rings. The highest BCUT2D eigenvalue weighted by molar-refractivity contribution is 5.85. The first-order chi connectivity index (χ1) is 8.27. The summed E-state index contributed by atoms with van der Waals surface area (Å²) in [7, 11) is 0. The van der Waals surface area contributed by atoms with Crippen LogP contribution < -0.4 is 5.32 Å². The van der Waals surface area contributed by atoms with Crippen LogP contribution in [0, 0.1) is 5.92 Å². The van der Waals surface area contributed by atoms with E-state index in [1.807, 2.05) is 0 Å². The highest BCUT2D eigenvalue weighted by Gasteiger charge is 1.99. The predicted octanol–water partition coefficient (Wildman–Crippen LogP) is 3.98. The molecule has 0 unspecified atom stereocenters. The molecule has 0 saturated heterocycles. The Morgan fingerprint density at radius 3 is 2.59 bits per heavy atom. The molecular weight excluding hydrogens is 206 g/mol. The average Bonchev–Trinajstić information content (AvgIpc) is 2.34. The van der Waals surface area contributed by atoms with E-state index in [4.69, 9.17) is 0 Å². The van der Waals surface area contributed by atoms with Crippen LogP contribution in [0.2, 0.25) is 0 Å². The average molecular weight is 227 g/mol. The Balaban J connectivity index is 2.03. The Morgan fingerprint density at radius 2 is 1.76 bits per heavy atom. The fraction of sp³-hybridized carbons (Fsp3) is 0.375. The van der Waals surface area contributed by atoms with Gasteiger partial charge in [0.15, 0.2) is 0 Å². The molecule has 2 rings (SSSR count). The van der Waals surface area contributed by atoms with Gasteiger partial charge in [0.05, 0.1) is 0 Å². The summed E-state index contributed by atoms with van der Waals surface area (Å²) in [5.41, 5.74) is 1.40. The lowest BCUT2D eigenvalue weighted by Crippen LogP contribution is -2.16. The summed E-state index contributed by atoms with van der Waals surface area (Å²) in [5.74, 6) is 0.773. The topological polar surface area (TPSA) is 12.0 Å². The van der Waals surface area contributed by atoms with Crippen molar-refractivity contribution in [2.75, 3.05) is 6.54 Å².